The smallest absolute Gasteiger partial charge is 0.333 e. The summed E-state index contributed by atoms with van der Waals surface area (Å²) in [6.45, 7) is 0. The second kappa shape index (κ2) is 4.51. The van der Waals surface area contributed by atoms with Gasteiger partial charge in [0.2, 0.25) is 0 Å². The normalized spacial score (nSPS) is 32.1. The van der Waals surface area contributed by atoms with Crippen LogP contribution in [0.3, 0.4) is 0 Å². The number of hydrogen-bond donors (Lipinski definition) is 1. The van der Waals surface area contributed by atoms with E-state index in [-0.39, 0.29) is 23.5 Å². The van der Waals surface area contributed by atoms with Gasteiger partial charge in [-0.1, -0.05) is 6.42 Å². The van der Waals surface area contributed by atoms with Gasteiger partial charge in [-0.15, -0.1) is 0 Å². The van der Waals surface area contributed by atoms with Crippen molar-refractivity contribution in [3.05, 3.63) is 11.8 Å². The molecule has 2 aliphatic heterocycles. The van der Waals surface area contributed by atoms with Crippen molar-refractivity contribution in [3.8, 4) is 0 Å². The number of esters is 1. The number of rotatable bonds is 2. The van der Waals surface area contributed by atoms with E-state index in [0.717, 1.165) is 31.4 Å². The minimum absolute atomic E-state index is 0.0791. The Kier molecular flexibility index (Phi) is 3.08. The highest BCUT2D eigenvalue weighted by Crippen LogP contribution is 2.40. The lowest BCUT2D eigenvalue weighted by molar-refractivity contribution is -0.148. The molecule has 106 valence electrons. The lowest BCUT2D eigenvalue weighted by Crippen LogP contribution is -2.43. The van der Waals surface area contributed by atoms with Crippen LogP contribution < -0.4 is 5.32 Å². The first kappa shape index (κ1) is 13.0. The predicted octanol–water partition coefficient (Wildman–Crippen LogP) is 0.907. The molecular weight excluding hydrogens is 266 g/mol. The number of hydrogen-bond acceptors (Lipinski definition) is 5. The van der Waals surface area contributed by atoms with E-state index in [9.17, 15) is 13.2 Å². The van der Waals surface area contributed by atoms with E-state index < -0.39 is 15.4 Å². The Labute approximate surface area is 113 Å². The van der Waals surface area contributed by atoms with Gasteiger partial charge >= 0.3 is 5.97 Å². The topological polar surface area (TPSA) is 72.5 Å². The summed E-state index contributed by atoms with van der Waals surface area (Å²) in [6.07, 6.45) is 7.09. The zero-order valence-electron chi connectivity index (χ0n) is 10.9. The summed E-state index contributed by atoms with van der Waals surface area (Å²) in [4.78, 5) is 11.6. The molecule has 1 saturated carbocycles. The molecule has 3 aliphatic rings. The van der Waals surface area contributed by atoms with Crippen LogP contribution in [0, 0.1) is 0 Å². The summed E-state index contributed by atoms with van der Waals surface area (Å²) in [5, 5.41) is 3.26. The Morgan fingerprint density at radius 2 is 2.00 bits per heavy atom. The van der Waals surface area contributed by atoms with Gasteiger partial charge in [-0.25, -0.2) is 13.2 Å². The molecule has 0 radical (unpaired) electrons. The number of carbonyl (C=O) groups excluding carboxylic acids is 1. The minimum atomic E-state index is -2.91. The van der Waals surface area contributed by atoms with Crippen LogP contribution in [0.5, 0.6) is 0 Å². The summed E-state index contributed by atoms with van der Waals surface area (Å²) in [5.74, 6) is 0.0965. The van der Waals surface area contributed by atoms with E-state index in [0.29, 0.717) is 6.42 Å². The van der Waals surface area contributed by atoms with Gasteiger partial charge in [0.05, 0.1) is 17.2 Å². The maximum atomic E-state index is 11.6. The first-order chi connectivity index (χ1) is 8.99. The van der Waals surface area contributed by atoms with Crippen LogP contribution in [0.1, 0.15) is 38.5 Å². The zero-order valence-corrected chi connectivity index (χ0v) is 11.7. The summed E-state index contributed by atoms with van der Waals surface area (Å²) >= 11 is 0. The van der Waals surface area contributed by atoms with Crippen molar-refractivity contribution < 1.29 is 17.9 Å². The Bertz CT molecular complexity index is 517. The van der Waals surface area contributed by atoms with Gasteiger partial charge in [-0.3, -0.25) is 0 Å². The van der Waals surface area contributed by atoms with Crippen molar-refractivity contribution in [1.82, 2.24) is 5.32 Å². The molecule has 1 saturated heterocycles. The van der Waals surface area contributed by atoms with Crippen LogP contribution in [0.2, 0.25) is 0 Å². The van der Waals surface area contributed by atoms with Gasteiger partial charge in [0.15, 0.2) is 15.4 Å². The van der Waals surface area contributed by atoms with Crippen LogP contribution in [0.15, 0.2) is 11.8 Å². The van der Waals surface area contributed by atoms with Crippen LogP contribution in [0.4, 0.5) is 0 Å². The van der Waals surface area contributed by atoms with Gasteiger partial charge < -0.3 is 10.1 Å². The second-order valence-electron chi connectivity index (χ2n) is 5.78. The van der Waals surface area contributed by atoms with E-state index in [1.807, 2.05) is 0 Å². The molecule has 6 heteroatoms. The van der Waals surface area contributed by atoms with Crippen LogP contribution in [0.25, 0.3) is 0 Å². The van der Waals surface area contributed by atoms with Crippen molar-refractivity contribution in [2.24, 2.45) is 0 Å². The SMILES string of the molecule is O=C1C=C(NC2CCS(=O)(=O)C2)C2(CCCCC2)O1. The molecule has 19 heavy (non-hydrogen) atoms. The number of sulfone groups is 1. The van der Waals surface area contributed by atoms with Crippen molar-refractivity contribution in [3.63, 3.8) is 0 Å². The molecule has 0 aromatic rings. The first-order valence-electron chi connectivity index (χ1n) is 6.91. The molecule has 3 rings (SSSR count). The molecule has 1 atom stereocenters. The van der Waals surface area contributed by atoms with Gasteiger partial charge in [-0.2, -0.15) is 0 Å². The van der Waals surface area contributed by atoms with E-state index in [2.05, 4.69) is 5.32 Å². The predicted molar refractivity (Wildman–Crippen MR) is 70.2 cm³/mol. The highest BCUT2D eigenvalue weighted by atomic mass is 32.2. The second-order valence-corrected chi connectivity index (χ2v) is 8.01. The lowest BCUT2D eigenvalue weighted by atomic mass is 9.82. The quantitative estimate of drug-likeness (QED) is 0.763. The fourth-order valence-electron chi connectivity index (χ4n) is 3.32. The van der Waals surface area contributed by atoms with Crippen molar-refractivity contribution in [2.45, 2.75) is 50.2 Å². The fraction of sp³-hybridized carbons (Fsp3) is 0.769. The van der Waals surface area contributed by atoms with Gasteiger partial charge in [0.1, 0.15) is 0 Å². The molecule has 0 amide bonds. The Hall–Kier alpha value is -1.04. The average molecular weight is 285 g/mol. The van der Waals surface area contributed by atoms with Gasteiger partial charge in [0, 0.05) is 12.1 Å². The molecule has 0 bridgehead atoms. The standard InChI is InChI=1S/C13H19NO4S/c15-12-8-11(13(18-12)5-2-1-3-6-13)14-10-4-7-19(16,17)9-10/h8,10,14H,1-7,9H2. The summed E-state index contributed by atoms with van der Waals surface area (Å²) in [5.41, 5.74) is 0.307. The molecule has 5 nitrogen and oxygen atoms in total. The lowest BCUT2D eigenvalue weighted by Gasteiger charge is -2.35. The molecule has 1 N–H and O–H groups in total. The third-order valence-corrected chi connectivity index (χ3v) is 6.07. The minimum Gasteiger partial charge on any atom is -0.449 e. The Morgan fingerprint density at radius 1 is 1.26 bits per heavy atom. The molecule has 1 unspecified atom stereocenters. The van der Waals surface area contributed by atoms with Crippen molar-refractivity contribution >= 4 is 15.8 Å². The van der Waals surface area contributed by atoms with E-state index in [1.165, 1.54) is 12.5 Å². The van der Waals surface area contributed by atoms with Crippen LogP contribution in [-0.2, 0) is 19.4 Å². The molecule has 2 heterocycles. The zero-order chi connectivity index (χ0) is 13.5. The maximum absolute atomic E-state index is 11.6. The molecule has 1 spiro atoms. The van der Waals surface area contributed by atoms with Gasteiger partial charge in [-0.05, 0) is 32.1 Å². The summed E-state index contributed by atoms with van der Waals surface area (Å²) in [7, 11) is -2.91. The average Bonchev–Trinajstić information content (AvgIpc) is 2.82. The third kappa shape index (κ3) is 2.50. The number of ether oxygens (including phenoxy) is 1. The van der Waals surface area contributed by atoms with Crippen LogP contribution in [-0.4, -0.2) is 37.5 Å². The van der Waals surface area contributed by atoms with Gasteiger partial charge in [0.25, 0.3) is 0 Å². The van der Waals surface area contributed by atoms with Crippen molar-refractivity contribution in [1.29, 1.82) is 0 Å². The molecule has 2 fully saturated rings. The molecule has 1 aliphatic carbocycles. The molecule has 0 aromatic heterocycles. The largest absolute Gasteiger partial charge is 0.449 e. The van der Waals surface area contributed by atoms with E-state index in [1.54, 1.807) is 0 Å². The molecular formula is C13H19NO4S. The molecule has 0 aromatic carbocycles. The Morgan fingerprint density at radius 3 is 2.63 bits per heavy atom. The number of nitrogens with one attached hydrogen (secondary N) is 1. The monoisotopic (exact) mass is 285 g/mol. The van der Waals surface area contributed by atoms with Crippen molar-refractivity contribution in [2.75, 3.05) is 11.5 Å². The maximum Gasteiger partial charge on any atom is 0.333 e. The highest BCUT2D eigenvalue weighted by Gasteiger charge is 2.45. The third-order valence-electron chi connectivity index (χ3n) is 4.30. The highest BCUT2D eigenvalue weighted by molar-refractivity contribution is 7.91. The number of carbonyl (C=O) groups is 1. The first-order valence-corrected chi connectivity index (χ1v) is 8.73. The Balaban J connectivity index is 1.75. The fourth-order valence-corrected chi connectivity index (χ4v) is 5.00. The summed E-state index contributed by atoms with van der Waals surface area (Å²) in [6, 6.07) is -0.0791. The summed E-state index contributed by atoms with van der Waals surface area (Å²) < 4.78 is 28.5. The van der Waals surface area contributed by atoms with E-state index >= 15 is 0 Å². The van der Waals surface area contributed by atoms with E-state index in [4.69, 9.17) is 4.74 Å². The van der Waals surface area contributed by atoms with Crippen LogP contribution >= 0.6 is 0 Å².